The molecule has 17 heavy (non-hydrogen) atoms. The van der Waals surface area contributed by atoms with Crippen LogP contribution < -0.4 is 5.32 Å². The summed E-state index contributed by atoms with van der Waals surface area (Å²) in [5, 5.41) is 12.2. The van der Waals surface area contributed by atoms with Crippen LogP contribution in [0.4, 0.5) is 0 Å². The highest BCUT2D eigenvalue weighted by molar-refractivity contribution is 5.02. The van der Waals surface area contributed by atoms with E-state index in [0.717, 1.165) is 37.8 Å². The third-order valence-electron chi connectivity index (χ3n) is 3.65. The predicted octanol–water partition coefficient (Wildman–Crippen LogP) is 1.05. The molecule has 3 heterocycles. The second kappa shape index (κ2) is 4.74. The number of hydrogen-bond donors (Lipinski definition) is 1. The van der Waals surface area contributed by atoms with Gasteiger partial charge in [0.25, 0.3) is 0 Å². The Bertz CT molecular complexity index is 386. The SMILES string of the molecule is CC(NC1COC1)c1nnc2n1CCCCC2. The molecule has 3 rings (SSSR count). The zero-order chi connectivity index (χ0) is 11.7. The summed E-state index contributed by atoms with van der Waals surface area (Å²) >= 11 is 0. The summed E-state index contributed by atoms with van der Waals surface area (Å²) in [6.45, 7) is 4.89. The van der Waals surface area contributed by atoms with Gasteiger partial charge in [0.1, 0.15) is 11.6 Å². The molecule has 2 aliphatic rings. The highest BCUT2D eigenvalue weighted by atomic mass is 16.5. The van der Waals surface area contributed by atoms with E-state index < -0.39 is 0 Å². The van der Waals surface area contributed by atoms with Gasteiger partial charge in [0.2, 0.25) is 0 Å². The lowest BCUT2D eigenvalue weighted by atomic mass is 10.2. The molecule has 1 unspecified atom stereocenters. The van der Waals surface area contributed by atoms with Gasteiger partial charge in [-0.05, 0) is 19.8 Å². The summed E-state index contributed by atoms with van der Waals surface area (Å²) in [4.78, 5) is 0. The number of aromatic nitrogens is 3. The molecular weight excluding hydrogens is 216 g/mol. The Kier molecular flexibility index (Phi) is 3.11. The minimum absolute atomic E-state index is 0.267. The van der Waals surface area contributed by atoms with Crippen LogP contribution in [-0.4, -0.2) is 34.0 Å². The van der Waals surface area contributed by atoms with Crippen LogP contribution in [0, 0.1) is 0 Å². The lowest BCUT2D eigenvalue weighted by Gasteiger charge is -2.29. The van der Waals surface area contributed by atoms with Crippen molar-refractivity contribution in [1.82, 2.24) is 20.1 Å². The zero-order valence-electron chi connectivity index (χ0n) is 10.4. The van der Waals surface area contributed by atoms with Crippen molar-refractivity contribution in [2.24, 2.45) is 0 Å². The highest BCUT2D eigenvalue weighted by Gasteiger charge is 2.24. The molecule has 0 radical (unpaired) electrons. The van der Waals surface area contributed by atoms with E-state index in [9.17, 15) is 0 Å². The van der Waals surface area contributed by atoms with Crippen LogP contribution in [0.2, 0.25) is 0 Å². The number of fused-ring (bicyclic) bond motifs is 1. The fourth-order valence-electron chi connectivity index (χ4n) is 2.59. The van der Waals surface area contributed by atoms with E-state index in [-0.39, 0.29) is 6.04 Å². The van der Waals surface area contributed by atoms with Crippen LogP contribution in [0.5, 0.6) is 0 Å². The Morgan fingerprint density at radius 3 is 2.94 bits per heavy atom. The normalized spacial score (nSPS) is 22.6. The van der Waals surface area contributed by atoms with Gasteiger partial charge in [0.05, 0.1) is 25.3 Å². The zero-order valence-corrected chi connectivity index (χ0v) is 10.4. The number of hydrogen-bond acceptors (Lipinski definition) is 4. The number of nitrogens with zero attached hydrogens (tertiary/aromatic N) is 3. The van der Waals surface area contributed by atoms with Gasteiger partial charge in [-0.15, -0.1) is 10.2 Å². The fourth-order valence-corrected chi connectivity index (χ4v) is 2.59. The van der Waals surface area contributed by atoms with Gasteiger partial charge >= 0.3 is 0 Å². The van der Waals surface area contributed by atoms with Crippen LogP contribution in [-0.2, 0) is 17.7 Å². The maximum absolute atomic E-state index is 5.18. The smallest absolute Gasteiger partial charge is 0.149 e. The molecule has 1 aromatic rings. The first-order valence-corrected chi connectivity index (χ1v) is 6.60. The molecule has 1 aromatic heterocycles. The summed E-state index contributed by atoms with van der Waals surface area (Å²) in [5.41, 5.74) is 0. The molecule has 5 nitrogen and oxygen atoms in total. The standard InChI is InChI=1S/C12H20N4O/c1-9(13-10-7-17-8-10)12-15-14-11-5-3-2-4-6-16(11)12/h9-10,13H,2-8H2,1H3. The Morgan fingerprint density at radius 2 is 2.18 bits per heavy atom. The van der Waals surface area contributed by atoms with E-state index in [1.807, 2.05) is 0 Å². The Morgan fingerprint density at radius 1 is 1.29 bits per heavy atom. The molecule has 0 bridgehead atoms. The quantitative estimate of drug-likeness (QED) is 0.852. The molecule has 94 valence electrons. The van der Waals surface area contributed by atoms with Crippen molar-refractivity contribution in [3.63, 3.8) is 0 Å². The lowest BCUT2D eigenvalue weighted by molar-refractivity contribution is -0.00981. The van der Waals surface area contributed by atoms with Crippen molar-refractivity contribution in [3.05, 3.63) is 11.6 Å². The average molecular weight is 236 g/mol. The monoisotopic (exact) mass is 236 g/mol. The first-order chi connectivity index (χ1) is 8.34. The van der Waals surface area contributed by atoms with E-state index in [1.165, 1.54) is 19.3 Å². The van der Waals surface area contributed by atoms with Gasteiger partial charge in [0, 0.05) is 13.0 Å². The van der Waals surface area contributed by atoms with E-state index in [1.54, 1.807) is 0 Å². The molecule has 0 aromatic carbocycles. The summed E-state index contributed by atoms with van der Waals surface area (Å²) in [6.07, 6.45) is 4.88. The van der Waals surface area contributed by atoms with E-state index >= 15 is 0 Å². The fraction of sp³-hybridized carbons (Fsp3) is 0.833. The molecule has 1 fully saturated rings. The third kappa shape index (κ3) is 2.21. The van der Waals surface area contributed by atoms with Crippen molar-refractivity contribution in [2.75, 3.05) is 13.2 Å². The predicted molar refractivity (Wildman–Crippen MR) is 63.7 cm³/mol. The molecular formula is C12H20N4O. The average Bonchev–Trinajstić information content (AvgIpc) is 2.53. The Labute approximate surface area is 102 Å². The highest BCUT2D eigenvalue weighted by Crippen LogP contribution is 2.19. The van der Waals surface area contributed by atoms with Gasteiger partial charge in [-0.1, -0.05) is 6.42 Å². The van der Waals surface area contributed by atoms with Crippen molar-refractivity contribution < 1.29 is 4.74 Å². The first-order valence-electron chi connectivity index (χ1n) is 6.60. The molecule has 0 amide bonds. The second-order valence-electron chi connectivity index (χ2n) is 5.06. The Balaban J connectivity index is 1.74. The summed E-state index contributed by atoms with van der Waals surface area (Å²) in [6, 6.07) is 0.756. The second-order valence-corrected chi connectivity index (χ2v) is 5.06. The van der Waals surface area contributed by atoms with E-state index in [0.29, 0.717) is 6.04 Å². The summed E-state index contributed by atoms with van der Waals surface area (Å²) < 4.78 is 7.49. The number of rotatable bonds is 3. The third-order valence-corrected chi connectivity index (χ3v) is 3.65. The van der Waals surface area contributed by atoms with Gasteiger partial charge in [-0.2, -0.15) is 0 Å². The molecule has 0 saturated carbocycles. The first kappa shape index (κ1) is 11.2. The van der Waals surface area contributed by atoms with Gasteiger partial charge in [0.15, 0.2) is 0 Å². The van der Waals surface area contributed by atoms with Gasteiger partial charge < -0.3 is 14.6 Å². The topological polar surface area (TPSA) is 52.0 Å². The maximum Gasteiger partial charge on any atom is 0.149 e. The largest absolute Gasteiger partial charge is 0.378 e. The summed E-state index contributed by atoms with van der Waals surface area (Å²) in [7, 11) is 0. The molecule has 5 heteroatoms. The lowest BCUT2D eigenvalue weighted by Crippen LogP contribution is -2.47. The minimum atomic E-state index is 0.267. The number of ether oxygens (including phenoxy) is 1. The van der Waals surface area contributed by atoms with E-state index in [4.69, 9.17) is 4.74 Å². The molecule has 1 atom stereocenters. The molecule has 1 saturated heterocycles. The molecule has 1 N–H and O–H groups in total. The van der Waals surface area contributed by atoms with Crippen LogP contribution in [0.15, 0.2) is 0 Å². The molecule has 0 aliphatic carbocycles. The van der Waals surface area contributed by atoms with Crippen LogP contribution in [0.1, 0.15) is 43.9 Å². The van der Waals surface area contributed by atoms with Crippen molar-refractivity contribution in [1.29, 1.82) is 0 Å². The van der Waals surface area contributed by atoms with Gasteiger partial charge in [-0.3, -0.25) is 0 Å². The molecule has 0 spiro atoms. The molecule has 2 aliphatic heterocycles. The van der Waals surface area contributed by atoms with Gasteiger partial charge in [-0.25, -0.2) is 0 Å². The number of aryl methyl sites for hydroxylation is 1. The summed E-state index contributed by atoms with van der Waals surface area (Å²) in [5.74, 6) is 2.25. The van der Waals surface area contributed by atoms with Crippen molar-refractivity contribution in [2.45, 2.75) is 51.2 Å². The van der Waals surface area contributed by atoms with Crippen LogP contribution in [0.25, 0.3) is 0 Å². The Hall–Kier alpha value is -0.940. The van der Waals surface area contributed by atoms with Crippen molar-refractivity contribution >= 4 is 0 Å². The maximum atomic E-state index is 5.18. The minimum Gasteiger partial charge on any atom is -0.378 e. The van der Waals surface area contributed by atoms with E-state index in [2.05, 4.69) is 27.0 Å². The number of nitrogens with one attached hydrogen (secondary N) is 1. The van der Waals surface area contributed by atoms with Crippen LogP contribution in [0.3, 0.4) is 0 Å². The van der Waals surface area contributed by atoms with Crippen LogP contribution >= 0.6 is 0 Å². The van der Waals surface area contributed by atoms with Crippen molar-refractivity contribution in [3.8, 4) is 0 Å².